The van der Waals surface area contributed by atoms with Crippen molar-refractivity contribution in [2.24, 2.45) is 4.99 Å². The van der Waals surface area contributed by atoms with Crippen molar-refractivity contribution < 1.29 is 9.59 Å². The van der Waals surface area contributed by atoms with Crippen molar-refractivity contribution in [2.75, 3.05) is 21.1 Å². The second-order valence-electron chi connectivity index (χ2n) is 7.54. The molecule has 1 fully saturated rings. The summed E-state index contributed by atoms with van der Waals surface area (Å²) in [6, 6.07) is 18.8. The van der Waals surface area contributed by atoms with E-state index in [-0.39, 0.29) is 18.5 Å². The fourth-order valence-corrected chi connectivity index (χ4v) is 3.96. The Morgan fingerprint density at radius 2 is 1.48 bits per heavy atom. The smallest absolute Gasteiger partial charge is 0.328 e. The summed E-state index contributed by atoms with van der Waals surface area (Å²) < 4.78 is 0. The molecule has 1 saturated heterocycles. The van der Waals surface area contributed by atoms with Gasteiger partial charge in [0.2, 0.25) is 0 Å². The van der Waals surface area contributed by atoms with Gasteiger partial charge in [-0.3, -0.25) is 9.69 Å². The molecule has 0 aromatic heterocycles. The first-order chi connectivity index (χ1) is 14.0. The van der Waals surface area contributed by atoms with Gasteiger partial charge in [0.05, 0.1) is 6.54 Å². The highest BCUT2D eigenvalue weighted by molar-refractivity contribution is 6.03. The number of carbonyl (C=O) groups is 2. The Morgan fingerprint density at radius 3 is 2.10 bits per heavy atom. The summed E-state index contributed by atoms with van der Waals surface area (Å²) in [6.07, 6.45) is -0.514. The van der Waals surface area contributed by atoms with Crippen LogP contribution in [0.15, 0.2) is 65.7 Å². The molecule has 0 saturated carbocycles. The molecule has 2 aliphatic heterocycles. The van der Waals surface area contributed by atoms with Crippen LogP contribution in [-0.2, 0) is 17.9 Å². The van der Waals surface area contributed by atoms with Gasteiger partial charge in [0.15, 0.2) is 18.2 Å². The molecule has 2 aromatic rings. The van der Waals surface area contributed by atoms with Crippen molar-refractivity contribution in [1.82, 2.24) is 19.6 Å². The van der Waals surface area contributed by atoms with Crippen LogP contribution in [0.2, 0.25) is 0 Å². The van der Waals surface area contributed by atoms with Crippen molar-refractivity contribution >= 4 is 17.9 Å². The number of likely N-dealkylation sites (N-methyl/N-ethyl adjacent to an activating group) is 2. The van der Waals surface area contributed by atoms with Gasteiger partial charge in [0.25, 0.3) is 5.91 Å². The molecule has 0 radical (unpaired) electrons. The number of hydrogen-bond donors (Lipinski definition) is 0. The number of aliphatic imine (C=N–C) groups is 1. The minimum absolute atomic E-state index is 0.212. The van der Waals surface area contributed by atoms with Crippen LogP contribution in [0, 0.1) is 0 Å². The van der Waals surface area contributed by atoms with Crippen LogP contribution in [-0.4, -0.2) is 70.8 Å². The van der Waals surface area contributed by atoms with Crippen LogP contribution in [0.1, 0.15) is 11.1 Å². The highest BCUT2D eigenvalue weighted by atomic mass is 16.2. The Bertz CT molecular complexity index is 931. The summed E-state index contributed by atoms with van der Waals surface area (Å²) >= 11 is 0. The zero-order valence-corrected chi connectivity index (χ0v) is 16.9. The Morgan fingerprint density at radius 1 is 0.897 bits per heavy atom. The Labute approximate surface area is 170 Å². The normalized spacial score (nSPS) is 21.3. The zero-order chi connectivity index (χ0) is 20.5. The van der Waals surface area contributed by atoms with E-state index in [1.54, 1.807) is 11.9 Å². The van der Waals surface area contributed by atoms with E-state index in [0.29, 0.717) is 12.5 Å². The molecule has 4 rings (SSSR count). The molecule has 2 atom stereocenters. The molecule has 0 N–H and O–H groups in total. The predicted octanol–water partition coefficient (Wildman–Crippen LogP) is 2.21. The van der Waals surface area contributed by atoms with Gasteiger partial charge in [-0.05, 0) is 11.1 Å². The highest BCUT2D eigenvalue weighted by Gasteiger charge is 2.51. The van der Waals surface area contributed by atoms with Gasteiger partial charge in [-0.2, -0.15) is 0 Å². The third-order valence-electron chi connectivity index (χ3n) is 5.50. The van der Waals surface area contributed by atoms with Crippen LogP contribution in [0.25, 0.3) is 0 Å². The standard InChI is InChI=1S/C22H25N5O2/c1-24(14-16-10-6-4-7-11-16)21-23-19-18(25(21)2)20(28)27(22(29)26(19)3)15-17-12-8-5-9-13-17/h4-13,18-19H,14-15H2,1-3H3. The second-order valence-corrected chi connectivity index (χ2v) is 7.54. The molecular weight excluding hydrogens is 366 g/mol. The molecule has 7 heteroatoms. The topological polar surface area (TPSA) is 59.5 Å². The van der Waals surface area contributed by atoms with E-state index in [0.717, 1.165) is 11.1 Å². The summed E-state index contributed by atoms with van der Waals surface area (Å²) in [4.78, 5) is 37.7. The third-order valence-corrected chi connectivity index (χ3v) is 5.50. The quantitative estimate of drug-likeness (QED) is 0.802. The summed E-state index contributed by atoms with van der Waals surface area (Å²) in [5, 5.41) is 0. The number of rotatable bonds is 4. The van der Waals surface area contributed by atoms with Gasteiger partial charge in [-0.25, -0.2) is 9.79 Å². The van der Waals surface area contributed by atoms with Crippen LogP contribution >= 0.6 is 0 Å². The lowest BCUT2D eigenvalue weighted by Crippen LogP contribution is -2.64. The first-order valence-electron chi connectivity index (χ1n) is 9.65. The van der Waals surface area contributed by atoms with Crippen molar-refractivity contribution in [1.29, 1.82) is 0 Å². The molecule has 3 amide bonds. The maximum atomic E-state index is 13.2. The molecule has 0 spiro atoms. The molecule has 0 aliphatic carbocycles. The highest BCUT2D eigenvalue weighted by Crippen LogP contribution is 2.28. The van der Waals surface area contributed by atoms with E-state index in [2.05, 4.69) is 12.1 Å². The monoisotopic (exact) mass is 391 g/mol. The third kappa shape index (κ3) is 3.44. The van der Waals surface area contributed by atoms with Crippen molar-refractivity contribution in [3.8, 4) is 0 Å². The van der Waals surface area contributed by atoms with Crippen LogP contribution in [0.3, 0.4) is 0 Å². The largest absolute Gasteiger partial charge is 0.341 e. The number of urea groups is 1. The van der Waals surface area contributed by atoms with Crippen molar-refractivity contribution in [2.45, 2.75) is 25.3 Å². The SMILES string of the molecule is CN(Cc1ccccc1)C1=NC2C(C(=O)N(Cc3ccccc3)C(=O)N2C)N1C. The van der Waals surface area contributed by atoms with Crippen molar-refractivity contribution in [3.63, 3.8) is 0 Å². The summed E-state index contributed by atoms with van der Waals surface area (Å²) in [6.45, 7) is 0.929. The van der Waals surface area contributed by atoms with E-state index in [1.807, 2.05) is 72.4 Å². The lowest BCUT2D eigenvalue weighted by molar-refractivity contribution is -0.137. The van der Waals surface area contributed by atoms with Gasteiger partial charge < -0.3 is 14.7 Å². The maximum Gasteiger partial charge on any atom is 0.328 e. The fourth-order valence-electron chi connectivity index (χ4n) is 3.96. The Balaban J connectivity index is 1.55. The van der Waals surface area contributed by atoms with Crippen LogP contribution in [0.4, 0.5) is 4.79 Å². The maximum absolute atomic E-state index is 13.2. The number of amides is 3. The first-order valence-corrected chi connectivity index (χ1v) is 9.65. The summed E-state index contributed by atoms with van der Waals surface area (Å²) in [5.74, 6) is 0.495. The summed E-state index contributed by atoms with van der Waals surface area (Å²) in [7, 11) is 5.53. The number of nitrogens with zero attached hydrogens (tertiary/aromatic N) is 5. The van der Waals surface area contributed by atoms with Crippen LogP contribution < -0.4 is 0 Å². The zero-order valence-electron chi connectivity index (χ0n) is 16.9. The van der Waals surface area contributed by atoms with E-state index in [4.69, 9.17) is 4.99 Å². The van der Waals surface area contributed by atoms with Gasteiger partial charge in [0.1, 0.15) is 0 Å². The predicted molar refractivity (Wildman–Crippen MR) is 111 cm³/mol. The number of carbonyl (C=O) groups excluding carboxylic acids is 2. The Hall–Kier alpha value is -3.35. The van der Waals surface area contributed by atoms with E-state index < -0.39 is 12.2 Å². The second kappa shape index (κ2) is 7.58. The molecule has 2 aromatic carbocycles. The molecule has 150 valence electrons. The van der Waals surface area contributed by atoms with Gasteiger partial charge >= 0.3 is 6.03 Å². The lowest BCUT2D eigenvalue weighted by Gasteiger charge is -2.40. The summed E-state index contributed by atoms with van der Waals surface area (Å²) in [5.41, 5.74) is 2.08. The van der Waals surface area contributed by atoms with Gasteiger partial charge in [-0.1, -0.05) is 60.7 Å². The van der Waals surface area contributed by atoms with Gasteiger partial charge in [0, 0.05) is 27.7 Å². The molecule has 2 unspecified atom stereocenters. The van der Waals surface area contributed by atoms with E-state index >= 15 is 0 Å². The molecule has 7 nitrogen and oxygen atoms in total. The molecule has 2 aliphatic rings. The first kappa shape index (κ1) is 19.0. The van der Waals surface area contributed by atoms with E-state index in [1.165, 1.54) is 4.90 Å². The molecular formula is C22H25N5O2. The fraction of sp³-hybridized carbons (Fsp3) is 0.318. The average Bonchev–Trinajstić information content (AvgIpc) is 3.09. The minimum atomic E-state index is -0.519. The number of fused-ring (bicyclic) bond motifs is 1. The minimum Gasteiger partial charge on any atom is -0.341 e. The lowest BCUT2D eigenvalue weighted by atomic mass is 10.1. The average molecular weight is 391 g/mol. The number of hydrogen-bond acceptors (Lipinski definition) is 5. The molecule has 29 heavy (non-hydrogen) atoms. The van der Waals surface area contributed by atoms with E-state index in [9.17, 15) is 9.59 Å². The van der Waals surface area contributed by atoms with Crippen LogP contribution in [0.5, 0.6) is 0 Å². The number of guanidine groups is 1. The number of benzene rings is 2. The Kier molecular flexibility index (Phi) is 4.96. The molecule has 0 bridgehead atoms. The van der Waals surface area contributed by atoms with Crippen molar-refractivity contribution in [3.05, 3.63) is 71.8 Å². The number of imide groups is 1. The van der Waals surface area contributed by atoms with Gasteiger partial charge in [-0.15, -0.1) is 0 Å². The molecule has 2 heterocycles.